The molecule has 3 N–H and O–H groups in total. The maximum Gasteiger partial charge on any atom is 0.245 e. The van der Waals surface area contributed by atoms with Crippen molar-refractivity contribution in [3.8, 4) is 0 Å². The van der Waals surface area contributed by atoms with E-state index in [1.807, 2.05) is 6.92 Å². The summed E-state index contributed by atoms with van der Waals surface area (Å²) >= 11 is 0. The monoisotopic (exact) mass is 290 g/mol. The number of hydrogen-bond donors (Lipinski definition) is 2. The van der Waals surface area contributed by atoms with E-state index >= 15 is 0 Å². The molecule has 1 aromatic carbocycles. The Morgan fingerprint density at radius 2 is 2.11 bits per heavy atom. The summed E-state index contributed by atoms with van der Waals surface area (Å²) < 4.78 is 44.7. The summed E-state index contributed by atoms with van der Waals surface area (Å²) in [4.78, 5) is -0.511. The van der Waals surface area contributed by atoms with Crippen LogP contribution in [0, 0.1) is 5.82 Å². The van der Waals surface area contributed by atoms with Gasteiger partial charge in [-0.25, -0.2) is 17.5 Å². The minimum absolute atomic E-state index is 0.0832. The Kier molecular flexibility index (Phi) is 6.20. The molecule has 0 saturated heterocycles. The maximum absolute atomic E-state index is 13.5. The van der Waals surface area contributed by atoms with E-state index in [1.165, 1.54) is 12.1 Å². The van der Waals surface area contributed by atoms with Crippen LogP contribution < -0.4 is 10.5 Å². The molecule has 1 aromatic rings. The summed E-state index contributed by atoms with van der Waals surface area (Å²) in [6, 6.07) is 3.76. The molecule has 0 radical (unpaired) electrons. The zero-order valence-electron chi connectivity index (χ0n) is 10.9. The lowest BCUT2D eigenvalue weighted by molar-refractivity contribution is 0.136. The molecule has 19 heavy (non-hydrogen) atoms. The van der Waals surface area contributed by atoms with E-state index in [4.69, 9.17) is 10.5 Å². The third-order valence-electron chi connectivity index (χ3n) is 2.45. The maximum atomic E-state index is 13.5. The molecule has 0 aliphatic rings. The predicted molar refractivity (Wildman–Crippen MR) is 71.7 cm³/mol. The van der Waals surface area contributed by atoms with Gasteiger partial charge in [0.05, 0.1) is 12.3 Å². The van der Waals surface area contributed by atoms with Gasteiger partial charge in [-0.3, -0.25) is 0 Å². The molecule has 7 heteroatoms. The van der Waals surface area contributed by atoms with Crippen molar-refractivity contribution in [1.82, 2.24) is 4.72 Å². The molecule has 0 aromatic heterocycles. The number of benzene rings is 1. The highest BCUT2D eigenvalue weighted by Crippen LogP contribution is 2.20. The van der Waals surface area contributed by atoms with Crippen molar-refractivity contribution in [2.24, 2.45) is 0 Å². The molecular weight excluding hydrogens is 271 g/mol. The second kappa shape index (κ2) is 7.42. The summed E-state index contributed by atoms with van der Waals surface area (Å²) in [5.74, 6) is -0.862. The number of hydrogen-bond acceptors (Lipinski definition) is 4. The standard InChI is InChI=1S/C12H19FN2O3S/c1-2-3-8-18-9-7-15-19(16,17)12-10(13)5-4-6-11(12)14/h4-6,15H,2-3,7-9,14H2,1H3. The summed E-state index contributed by atoms with van der Waals surface area (Å²) in [5, 5.41) is 0. The summed E-state index contributed by atoms with van der Waals surface area (Å²) in [5.41, 5.74) is 5.38. The van der Waals surface area contributed by atoms with Crippen LogP contribution in [0.3, 0.4) is 0 Å². The van der Waals surface area contributed by atoms with Gasteiger partial charge in [-0.05, 0) is 18.6 Å². The van der Waals surface area contributed by atoms with Crippen LogP contribution in [-0.2, 0) is 14.8 Å². The van der Waals surface area contributed by atoms with Crippen molar-refractivity contribution in [2.45, 2.75) is 24.7 Å². The summed E-state index contributed by atoms with van der Waals surface area (Å²) in [6.07, 6.45) is 1.94. The lowest BCUT2D eigenvalue weighted by Gasteiger charge is -2.10. The van der Waals surface area contributed by atoms with E-state index in [-0.39, 0.29) is 18.8 Å². The van der Waals surface area contributed by atoms with Gasteiger partial charge in [0, 0.05) is 13.2 Å². The molecule has 0 atom stereocenters. The fourth-order valence-corrected chi connectivity index (χ4v) is 2.68. The second-order valence-corrected chi connectivity index (χ2v) is 5.73. The normalized spacial score (nSPS) is 11.7. The van der Waals surface area contributed by atoms with Gasteiger partial charge >= 0.3 is 0 Å². The van der Waals surface area contributed by atoms with Gasteiger partial charge in [-0.2, -0.15) is 0 Å². The van der Waals surface area contributed by atoms with Gasteiger partial charge in [0.15, 0.2) is 0 Å². The molecule has 0 unspecified atom stereocenters. The Balaban J connectivity index is 2.57. The third-order valence-corrected chi connectivity index (χ3v) is 4.00. The fraction of sp³-hybridized carbons (Fsp3) is 0.500. The minimum atomic E-state index is -3.94. The molecule has 0 aliphatic heterocycles. The van der Waals surface area contributed by atoms with Crippen LogP contribution in [0.2, 0.25) is 0 Å². The Morgan fingerprint density at radius 3 is 2.74 bits per heavy atom. The smallest absolute Gasteiger partial charge is 0.245 e. The predicted octanol–water partition coefficient (Wildman–Crippen LogP) is 1.50. The molecule has 5 nitrogen and oxygen atoms in total. The molecule has 0 aliphatic carbocycles. The third kappa shape index (κ3) is 4.77. The first-order chi connectivity index (χ1) is 8.99. The van der Waals surface area contributed by atoms with Crippen LogP contribution >= 0.6 is 0 Å². The Morgan fingerprint density at radius 1 is 1.37 bits per heavy atom. The molecule has 0 saturated carbocycles. The number of nitrogen functional groups attached to an aromatic ring is 1. The van der Waals surface area contributed by atoms with Crippen molar-refractivity contribution >= 4 is 15.7 Å². The zero-order valence-corrected chi connectivity index (χ0v) is 11.7. The van der Waals surface area contributed by atoms with Crippen LogP contribution in [0.5, 0.6) is 0 Å². The van der Waals surface area contributed by atoms with E-state index in [0.717, 1.165) is 18.9 Å². The van der Waals surface area contributed by atoms with Crippen LogP contribution in [0.1, 0.15) is 19.8 Å². The SMILES string of the molecule is CCCCOCCNS(=O)(=O)c1c(N)cccc1F. The van der Waals surface area contributed by atoms with Crippen molar-refractivity contribution in [1.29, 1.82) is 0 Å². The molecule has 0 spiro atoms. The Labute approximate surface area is 113 Å². The zero-order chi connectivity index (χ0) is 14.3. The van der Waals surface area contributed by atoms with Gasteiger partial charge in [0.2, 0.25) is 10.0 Å². The topological polar surface area (TPSA) is 81.4 Å². The number of ether oxygens (including phenoxy) is 1. The molecule has 1 rings (SSSR count). The lowest BCUT2D eigenvalue weighted by atomic mass is 10.3. The minimum Gasteiger partial charge on any atom is -0.398 e. The fourth-order valence-electron chi connectivity index (χ4n) is 1.48. The van der Waals surface area contributed by atoms with E-state index in [9.17, 15) is 12.8 Å². The van der Waals surface area contributed by atoms with Gasteiger partial charge in [0.25, 0.3) is 0 Å². The van der Waals surface area contributed by atoms with Crippen LogP contribution in [0.15, 0.2) is 23.1 Å². The quantitative estimate of drug-likeness (QED) is 0.561. The number of sulfonamides is 1. The van der Waals surface area contributed by atoms with Crippen LogP contribution in [0.4, 0.5) is 10.1 Å². The summed E-state index contributed by atoms with van der Waals surface area (Å²) in [7, 11) is -3.94. The average Bonchev–Trinajstić information content (AvgIpc) is 2.33. The largest absolute Gasteiger partial charge is 0.398 e. The first-order valence-electron chi connectivity index (χ1n) is 6.10. The average molecular weight is 290 g/mol. The Bertz CT molecular complexity index is 485. The van der Waals surface area contributed by atoms with E-state index in [2.05, 4.69) is 4.72 Å². The van der Waals surface area contributed by atoms with Gasteiger partial charge in [0.1, 0.15) is 10.7 Å². The molecule has 0 fully saturated rings. The number of unbranched alkanes of at least 4 members (excludes halogenated alkanes) is 1. The molecular formula is C12H19FN2O3S. The molecule has 0 heterocycles. The van der Waals surface area contributed by atoms with Crippen molar-refractivity contribution < 1.29 is 17.5 Å². The number of anilines is 1. The van der Waals surface area contributed by atoms with E-state index in [0.29, 0.717) is 6.61 Å². The highest BCUT2D eigenvalue weighted by atomic mass is 32.2. The van der Waals surface area contributed by atoms with Crippen molar-refractivity contribution in [3.63, 3.8) is 0 Å². The first-order valence-corrected chi connectivity index (χ1v) is 7.58. The highest BCUT2D eigenvalue weighted by molar-refractivity contribution is 7.89. The van der Waals surface area contributed by atoms with Crippen LogP contribution in [-0.4, -0.2) is 28.2 Å². The van der Waals surface area contributed by atoms with Gasteiger partial charge in [-0.1, -0.05) is 19.4 Å². The molecule has 108 valence electrons. The lowest BCUT2D eigenvalue weighted by Crippen LogP contribution is -2.29. The number of rotatable bonds is 8. The summed E-state index contributed by atoms with van der Waals surface area (Å²) in [6.45, 7) is 2.94. The van der Waals surface area contributed by atoms with Gasteiger partial charge in [-0.15, -0.1) is 0 Å². The first kappa shape index (κ1) is 15.9. The number of nitrogens with two attached hydrogens (primary N) is 1. The highest BCUT2D eigenvalue weighted by Gasteiger charge is 2.21. The van der Waals surface area contributed by atoms with E-state index in [1.54, 1.807) is 0 Å². The number of halogens is 1. The second-order valence-electron chi connectivity index (χ2n) is 4.02. The molecule has 0 amide bonds. The number of nitrogens with one attached hydrogen (secondary N) is 1. The van der Waals surface area contributed by atoms with Crippen molar-refractivity contribution in [2.75, 3.05) is 25.5 Å². The Hall–Kier alpha value is -1.18. The van der Waals surface area contributed by atoms with Gasteiger partial charge < -0.3 is 10.5 Å². The van der Waals surface area contributed by atoms with Crippen molar-refractivity contribution in [3.05, 3.63) is 24.0 Å². The van der Waals surface area contributed by atoms with E-state index < -0.39 is 20.7 Å². The molecule has 0 bridgehead atoms. The van der Waals surface area contributed by atoms with Crippen LogP contribution in [0.25, 0.3) is 0 Å².